The molecule has 0 saturated carbocycles. The molecule has 37 heavy (non-hydrogen) atoms. The maximum atomic E-state index is 13.7. The van der Waals surface area contributed by atoms with Crippen molar-refractivity contribution in [2.24, 2.45) is 5.92 Å². The predicted octanol–water partition coefficient (Wildman–Crippen LogP) is 2.34. The Morgan fingerprint density at radius 3 is 2.62 bits per heavy atom. The Labute approximate surface area is 215 Å². The van der Waals surface area contributed by atoms with E-state index in [0.717, 1.165) is 0 Å². The molecule has 0 aromatic heterocycles. The number of benzene rings is 1. The highest BCUT2D eigenvalue weighted by Gasteiger charge is 2.43. The lowest BCUT2D eigenvalue weighted by molar-refractivity contribution is -0.125. The van der Waals surface area contributed by atoms with Crippen molar-refractivity contribution in [2.75, 3.05) is 32.8 Å². The summed E-state index contributed by atoms with van der Waals surface area (Å²) in [5.74, 6) is -3.40. The molecule has 2 aliphatic rings. The quantitative estimate of drug-likeness (QED) is 0.260. The van der Waals surface area contributed by atoms with Crippen LogP contribution in [0.3, 0.4) is 0 Å². The van der Waals surface area contributed by atoms with Gasteiger partial charge in [0.15, 0.2) is 0 Å². The maximum absolute atomic E-state index is 13.7. The molecule has 12 heteroatoms. The minimum Gasteiger partial charge on any atom is -0.449 e. The number of nitrogens with one attached hydrogen (secondary N) is 1. The van der Waals surface area contributed by atoms with Gasteiger partial charge in [-0.2, -0.15) is 5.26 Å². The van der Waals surface area contributed by atoms with E-state index in [0.29, 0.717) is 18.5 Å². The molecule has 0 radical (unpaired) electrons. The molecule has 2 amide bonds. The fourth-order valence-corrected chi connectivity index (χ4v) is 4.69. The number of alkyl halides is 2. The van der Waals surface area contributed by atoms with Gasteiger partial charge < -0.3 is 25.0 Å². The van der Waals surface area contributed by atoms with Gasteiger partial charge in [-0.05, 0) is 31.9 Å². The minimum atomic E-state index is -2.78. The van der Waals surface area contributed by atoms with Crippen LogP contribution in [0.15, 0.2) is 42.0 Å². The summed E-state index contributed by atoms with van der Waals surface area (Å²) in [5.41, 5.74) is -0.298. The lowest BCUT2D eigenvalue weighted by Gasteiger charge is -2.33. The van der Waals surface area contributed by atoms with Crippen molar-refractivity contribution in [3.63, 3.8) is 0 Å². The number of likely N-dealkylation sites (tertiary alicyclic amines) is 2. The summed E-state index contributed by atoms with van der Waals surface area (Å²) in [6.45, 7) is 3.87. The Bertz CT molecular complexity index is 1030. The summed E-state index contributed by atoms with van der Waals surface area (Å²) in [7, 11) is -1.62. The smallest absolute Gasteiger partial charge is 0.449 e. The molecule has 2 atom stereocenters. The first-order valence-corrected chi connectivity index (χ1v) is 12.3. The number of amides is 2. The predicted molar refractivity (Wildman–Crippen MR) is 132 cm³/mol. The normalized spacial score (nSPS) is 20.8. The first-order chi connectivity index (χ1) is 17.4. The number of nitrogens with zero attached hydrogens (tertiary/aromatic N) is 3. The molecule has 1 aromatic carbocycles. The van der Waals surface area contributed by atoms with E-state index in [1.165, 1.54) is 11.0 Å². The van der Waals surface area contributed by atoms with Gasteiger partial charge in [-0.15, -0.1) is 0 Å². The van der Waals surface area contributed by atoms with Crippen molar-refractivity contribution in [1.29, 1.82) is 5.26 Å². The van der Waals surface area contributed by atoms with Crippen LogP contribution >= 0.6 is 0 Å². The lowest BCUT2D eigenvalue weighted by Crippen LogP contribution is -2.43. The van der Waals surface area contributed by atoms with E-state index in [2.05, 4.69) is 5.32 Å². The topological polar surface area (TPSA) is 126 Å². The number of carbonyl (C=O) groups is 2. The van der Waals surface area contributed by atoms with Crippen LogP contribution in [0.4, 0.5) is 13.6 Å². The van der Waals surface area contributed by atoms with Crippen molar-refractivity contribution in [2.45, 2.75) is 50.5 Å². The second-order valence-corrected chi connectivity index (χ2v) is 10.2. The summed E-state index contributed by atoms with van der Waals surface area (Å²) < 4.78 is 32.7. The fourth-order valence-electron chi connectivity index (χ4n) is 4.69. The molecule has 2 heterocycles. The number of rotatable bonds is 9. The highest BCUT2D eigenvalue weighted by Crippen LogP contribution is 2.33. The SMILES string of the molecule is CC(C)(C=C(C#N)C(=O)N1CC[C@H](COC(=O)N[C@H](CB(O)O)c2ccccc2)C1)N1CCC(F)(F)C1. The minimum absolute atomic E-state index is 0.0404. The zero-order chi connectivity index (χ0) is 27.2. The van der Waals surface area contributed by atoms with Gasteiger partial charge in [0.2, 0.25) is 0 Å². The fraction of sp³-hybridized carbons (Fsp3) is 0.560. The molecule has 2 fully saturated rings. The van der Waals surface area contributed by atoms with Gasteiger partial charge in [0, 0.05) is 43.8 Å². The summed E-state index contributed by atoms with van der Waals surface area (Å²) in [6, 6.07) is 10.1. The van der Waals surface area contributed by atoms with Crippen LogP contribution in [0.1, 0.15) is 38.3 Å². The Morgan fingerprint density at radius 1 is 1.32 bits per heavy atom. The molecule has 2 saturated heterocycles. The van der Waals surface area contributed by atoms with Crippen LogP contribution < -0.4 is 5.32 Å². The van der Waals surface area contributed by atoms with E-state index < -0.39 is 43.2 Å². The standard InChI is InChI=1S/C25H33BF2N4O5/c1-24(2,32-11-9-25(27,28)17-32)12-20(14-29)22(33)31-10-8-18(15-31)16-37-23(34)30-21(13-26(35)36)19-6-4-3-5-7-19/h3-7,12,18,21,35-36H,8-11,13,15-17H2,1-2H3,(H,30,34)/t18-,21+/m0/s1. The number of alkyl carbamates (subject to hydrolysis) is 1. The van der Waals surface area contributed by atoms with Gasteiger partial charge in [0.05, 0.1) is 19.2 Å². The van der Waals surface area contributed by atoms with Gasteiger partial charge in [-0.1, -0.05) is 30.3 Å². The lowest BCUT2D eigenvalue weighted by atomic mass is 9.79. The van der Waals surface area contributed by atoms with E-state index in [9.17, 15) is 33.7 Å². The van der Waals surface area contributed by atoms with E-state index in [1.807, 2.05) is 6.07 Å². The van der Waals surface area contributed by atoms with Gasteiger partial charge >= 0.3 is 13.2 Å². The first kappa shape index (κ1) is 28.6. The third-order valence-electron chi connectivity index (χ3n) is 6.80. The molecule has 3 rings (SSSR count). The molecular formula is C25H33BF2N4O5. The summed E-state index contributed by atoms with van der Waals surface area (Å²) in [6.07, 6.45) is 0.929. The average Bonchev–Trinajstić information content (AvgIpc) is 3.47. The molecule has 200 valence electrons. The third-order valence-corrected chi connectivity index (χ3v) is 6.80. The molecule has 0 bridgehead atoms. The van der Waals surface area contributed by atoms with Crippen molar-refractivity contribution < 1.29 is 33.2 Å². The molecule has 0 spiro atoms. The first-order valence-electron chi connectivity index (χ1n) is 12.3. The second-order valence-electron chi connectivity index (χ2n) is 10.2. The maximum Gasteiger partial charge on any atom is 0.453 e. The Morgan fingerprint density at radius 2 is 2.03 bits per heavy atom. The van der Waals surface area contributed by atoms with Crippen molar-refractivity contribution in [3.8, 4) is 6.07 Å². The molecular weight excluding hydrogens is 485 g/mol. The summed E-state index contributed by atoms with van der Waals surface area (Å²) in [5, 5.41) is 31.0. The van der Waals surface area contributed by atoms with Crippen molar-refractivity contribution in [1.82, 2.24) is 15.1 Å². The van der Waals surface area contributed by atoms with Crippen LogP contribution in [0.2, 0.25) is 6.32 Å². The number of hydrogen-bond acceptors (Lipinski definition) is 7. The van der Waals surface area contributed by atoms with E-state index in [4.69, 9.17) is 4.74 Å². The molecule has 9 nitrogen and oxygen atoms in total. The van der Waals surface area contributed by atoms with E-state index in [1.54, 1.807) is 49.1 Å². The average molecular weight is 518 g/mol. The molecule has 1 aromatic rings. The zero-order valence-corrected chi connectivity index (χ0v) is 21.1. The number of hydrogen-bond donors (Lipinski definition) is 3. The molecule has 2 aliphatic heterocycles. The van der Waals surface area contributed by atoms with Gasteiger partial charge in [0.1, 0.15) is 11.6 Å². The van der Waals surface area contributed by atoms with Crippen LogP contribution in [0, 0.1) is 17.2 Å². The third kappa shape index (κ3) is 7.99. The number of carbonyl (C=O) groups excluding carboxylic acids is 2. The van der Waals surface area contributed by atoms with Gasteiger partial charge in [-0.25, -0.2) is 13.6 Å². The molecule has 3 N–H and O–H groups in total. The highest BCUT2D eigenvalue weighted by molar-refractivity contribution is 6.41. The number of halogens is 2. The number of ether oxygens (including phenoxy) is 1. The van der Waals surface area contributed by atoms with Crippen LogP contribution in [0.25, 0.3) is 0 Å². The summed E-state index contributed by atoms with van der Waals surface area (Å²) >= 11 is 0. The zero-order valence-electron chi connectivity index (χ0n) is 21.1. The molecule has 0 unspecified atom stereocenters. The Kier molecular flexibility index (Phi) is 9.28. The second kappa shape index (κ2) is 12.0. The van der Waals surface area contributed by atoms with Crippen LogP contribution in [-0.2, 0) is 9.53 Å². The van der Waals surface area contributed by atoms with Crippen molar-refractivity contribution >= 4 is 19.1 Å². The largest absolute Gasteiger partial charge is 0.453 e. The van der Waals surface area contributed by atoms with Crippen molar-refractivity contribution in [3.05, 3.63) is 47.5 Å². The molecule has 0 aliphatic carbocycles. The number of nitriles is 1. The van der Waals surface area contributed by atoms with Gasteiger partial charge in [-0.3, -0.25) is 9.69 Å². The summed E-state index contributed by atoms with van der Waals surface area (Å²) in [4.78, 5) is 28.4. The van der Waals surface area contributed by atoms with Crippen LogP contribution in [-0.4, -0.2) is 83.2 Å². The monoisotopic (exact) mass is 518 g/mol. The Balaban J connectivity index is 1.53. The van der Waals surface area contributed by atoms with Gasteiger partial charge in [0.25, 0.3) is 11.8 Å². The van der Waals surface area contributed by atoms with E-state index in [-0.39, 0.29) is 43.9 Å². The van der Waals surface area contributed by atoms with Crippen LogP contribution in [0.5, 0.6) is 0 Å². The van der Waals surface area contributed by atoms with E-state index >= 15 is 0 Å². The Hall–Kier alpha value is -3.01. The highest BCUT2D eigenvalue weighted by atomic mass is 19.3.